The Hall–Kier alpha value is -3.30. The summed E-state index contributed by atoms with van der Waals surface area (Å²) in [5, 5.41) is 42.1. The predicted molar refractivity (Wildman–Crippen MR) is 174 cm³/mol. The fourth-order valence-corrected chi connectivity index (χ4v) is 3.21. The summed E-state index contributed by atoms with van der Waals surface area (Å²) < 4.78 is 0. The molecular weight excluding hydrogens is 680 g/mol. The third kappa shape index (κ3) is 23.1. The molecule has 0 bridgehead atoms. The molecule has 254 valence electrons. The van der Waals surface area contributed by atoms with Gasteiger partial charge < -0.3 is 30.2 Å². The number of para-hydroxylation sites is 2. The minimum atomic E-state index is 0. The van der Waals surface area contributed by atoms with Crippen LogP contribution in [0, 0.1) is 0 Å². The summed E-state index contributed by atoms with van der Waals surface area (Å²) in [5.41, 5.74) is 3.56. The van der Waals surface area contributed by atoms with Crippen molar-refractivity contribution in [2.24, 2.45) is 9.98 Å². The van der Waals surface area contributed by atoms with Gasteiger partial charge in [-0.1, -0.05) is 109 Å². The van der Waals surface area contributed by atoms with Gasteiger partial charge in [0.2, 0.25) is 0 Å². The molecule has 2 radical (unpaired) electrons. The van der Waals surface area contributed by atoms with Crippen molar-refractivity contribution in [3.63, 3.8) is 0 Å². The molecule has 0 fully saturated rings. The summed E-state index contributed by atoms with van der Waals surface area (Å²) in [4.78, 5) is 12.2. The predicted octanol–water partition coefficient (Wildman–Crippen LogP) is 2.57. The second-order valence-corrected chi connectivity index (χ2v) is 10.0. The molecule has 0 atom stereocenters. The Labute approximate surface area is 296 Å². The zero-order valence-corrected chi connectivity index (χ0v) is 28.7. The summed E-state index contributed by atoms with van der Waals surface area (Å²) in [7, 11) is 7.55. The minimum absolute atomic E-state index is 0. The van der Waals surface area contributed by atoms with E-state index in [-0.39, 0.29) is 58.9 Å². The molecule has 0 saturated carbocycles. The zero-order chi connectivity index (χ0) is 32.4. The molecule has 4 aromatic carbocycles. The van der Waals surface area contributed by atoms with Crippen molar-refractivity contribution in [3.8, 4) is 11.5 Å². The van der Waals surface area contributed by atoms with E-state index in [9.17, 15) is 20.4 Å². The molecule has 0 heterocycles. The Balaban J connectivity index is 0. The van der Waals surface area contributed by atoms with E-state index in [0.717, 1.165) is 11.1 Å². The van der Waals surface area contributed by atoms with E-state index >= 15 is 0 Å². The molecule has 0 aromatic heterocycles. The summed E-state index contributed by atoms with van der Waals surface area (Å²) in [6.45, 7) is 2.53. The van der Waals surface area contributed by atoms with Crippen LogP contribution in [0.5, 0.6) is 11.5 Å². The van der Waals surface area contributed by atoms with E-state index < -0.39 is 0 Å². The fraction of sp³-hybridized carbons (Fsp3) is 0.278. The van der Waals surface area contributed by atoms with Crippen LogP contribution in [0.4, 0.5) is 0 Å². The Morgan fingerprint density at radius 1 is 0.500 bits per heavy atom. The monoisotopic (exact) mass is 722 g/mol. The summed E-state index contributed by atoms with van der Waals surface area (Å²) in [6.07, 6.45) is 3.27. The van der Waals surface area contributed by atoms with Gasteiger partial charge in [-0.25, -0.2) is 0 Å². The second kappa shape index (κ2) is 29.1. The third-order valence-corrected chi connectivity index (χ3v) is 5.61. The molecule has 10 heteroatoms. The average molecular weight is 724 g/mol. The van der Waals surface area contributed by atoms with Crippen LogP contribution in [-0.4, -0.2) is 76.7 Å². The van der Waals surface area contributed by atoms with E-state index in [4.69, 9.17) is 0 Å². The van der Waals surface area contributed by atoms with Crippen molar-refractivity contribution in [3.05, 3.63) is 131 Å². The van der Waals surface area contributed by atoms with E-state index in [2.05, 4.69) is 9.98 Å². The van der Waals surface area contributed by atoms with Gasteiger partial charge >= 0.3 is 34.1 Å². The van der Waals surface area contributed by atoms with Crippen LogP contribution in [0.3, 0.4) is 0 Å². The maximum absolute atomic E-state index is 11.4. The summed E-state index contributed by atoms with van der Waals surface area (Å²) >= 11 is 0. The second-order valence-electron chi connectivity index (χ2n) is 10.0. The van der Waals surface area contributed by atoms with Crippen molar-refractivity contribution in [1.82, 2.24) is 9.80 Å². The average Bonchev–Trinajstić information content (AvgIpc) is 3.01. The quantitative estimate of drug-likeness (QED) is 0.183. The number of nitrogens with zero attached hydrogens (tertiary/aromatic N) is 4. The molecule has 46 heavy (non-hydrogen) atoms. The molecule has 0 aliphatic rings. The van der Waals surface area contributed by atoms with Gasteiger partial charge in [-0.3, -0.25) is 9.98 Å². The van der Waals surface area contributed by atoms with Crippen LogP contribution in [0.1, 0.15) is 22.3 Å². The summed E-state index contributed by atoms with van der Waals surface area (Å²) in [6, 6.07) is 33.7. The van der Waals surface area contributed by atoms with Crippen LogP contribution < -0.4 is 20.4 Å². The first kappa shape index (κ1) is 44.8. The van der Waals surface area contributed by atoms with E-state index in [0.29, 0.717) is 37.3 Å². The van der Waals surface area contributed by atoms with Gasteiger partial charge in [0.05, 0.1) is 13.1 Å². The maximum Gasteiger partial charge on any atom is 2.00 e. The van der Waals surface area contributed by atoms with Crippen molar-refractivity contribution in [2.75, 3.05) is 54.5 Å². The molecule has 8 nitrogen and oxygen atoms in total. The number of aliphatic imine (C=N–C) groups is 2. The SMILES string of the molecule is CN(C)CC[O-].CN(C)CC[O-].[Cu+2].[Cu+2].[O-]c1ccccc1C=NCc1ccccc1.[O-]c1ccccc1C=NCc1ccccc1. The number of hydrogen-bond donors (Lipinski definition) is 0. The van der Waals surface area contributed by atoms with Gasteiger partial charge in [-0.2, -0.15) is 0 Å². The van der Waals surface area contributed by atoms with Gasteiger partial charge in [-0.15, -0.1) is 24.7 Å². The van der Waals surface area contributed by atoms with E-state index in [1.165, 1.54) is 0 Å². The first-order chi connectivity index (χ1) is 21.3. The van der Waals surface area contributed by atoms with Crippen LogP contribution >= 0.6 is 0 Å². The van der Waals surface area contributed by atoms with Crippen molar-refractivity contribution in [1.29, 1.82) is 0 Å². The Morgan fingerprint density at radius 2 is 0.804 bits per heavy atom. The molecular formula is C36H44Cu2N4O4. The fourth-order valence-electron chi connectivity index (χ4n) is 3.21. The van der Waals surface area contributed by atoms with E-state index in [1.807, 2.05) is 111 Å². The van der Waals surface area contributed by atoms with Gasteiger partial charge in [0.1, 0.15) is 0 Å². The van der Waals surface area contributed by atoms with Crippen LogP contribution in [-0.2, 0) is 47.2 Å². The van der Waals surface area contributed by atoms with E-state index in [1.54, 1.807) is 48.8 Å². The molecule has 0 unspecified atom stereocenters. The number of benzene rings is 4. The molecule has 0 aliphatic heterocycles. The molecule has 4 rings (SSSR count). The van der Waals surface area contributed by atoms with Gasteiger partial charge in [0.15, 0.2) is 0 Å². The Bertz CT molecular complexity index is 1220. The standard InChI is InChI=1S/2C14H13NO.2C4H10NO.2Cu/c2*16-14-9-5-4-8-13(14)11-15-10-12-6-2-1-3-7-12;2*1-5(2)3-4-6;;/h2*1-9,11,16H,10H2;2*3-4H2,1-2H3;;/q;;2*-1;2*+2/p-2. The molecule has 0 aliphatic carbocycles. The molecule has 0 spiro atoms. The third-order valence-electron chi connectivity index (χ3n) is 5.61. The van der Waals surface area contributed by atoms with Crippen LogP contribution in [0.2, 0.25) is 0 Å². The number of likely N-dealkylation sites (N-methyl/N-ethyl adjacent to an activating group) is 2. The van der Waals surface area contributed by atoms with Gasteiger partial charge in [0, 0.05) is 12.4 Å². The maximum atomic E-state index is 11.4. The van der Waals surface area contributed by atoms with Crippen molar-refractivity contribution in [2.45, 2.75) is 13.1 Å². The largest absolute Gasteiger partial charge is 2.00 e. The molecule has 0 amide bonds. The number of hydrogen-bond acceptors (Lipinski definition) is 8. The van der Waals surface area contributed by atoms with Crippen molar-refractivity contribution < 1.29 is 54.6 Å². The normalized spacial score (nSPS) is 10.1. The Kier molecular flexibility index (Phi) is 28.4. The molecule has 0 N–H and O–H groups in total. The molecule has 0 saturated heterocycles. The van der Waals surface area contributed by atoms with Crippen LogP contribution in [0.15, 0.2) is 119 Å². The zero-order valence-electron chi connectivity index (χ0n) is 26.8. The molecule has 4 aromatic rings. The van der Waals surface area contributed by atoms with Crippen LogP contribution in [0.25, 0.3) is 0 Å². The number of rotatable bonds is 10. The topological polar surface area (TPSA) is 123 Å². The first-order valence-corrected chi connectivity index (χ1v) is 14.3. The van der Waals surface area contributed by atoms with Crippen molar-refractivity contribution >= 4 is 12.4 Å². The summed E-state index contributed by atoms with van der Waals surface area (Å²) in [5.74, 6) is 0.0265. The smallest absolute Gasteiger partial charge is 0.872 e. The first-order valence-electron chi connectivity index (χ1n) is 14.3. The van der Waals surface area contributed by atoms with Gasteiger partial charge in [-0.05, 0) is 63.5 Å². The minimum Gasteiger partial charge on any atom is -0.872 e. The van der Waals surface area contributed by atoms with Gasteiger partial charge in [0.25, 0.3) is 0 Å². The Morgan fingerprint density at radius 3 is 1.07 bits per heavy atom.